The van der Waals surface area contributed by atoms with Gasteiger partial charge < -0.3 is 9.16 Å². The van der Waals surface area contributed by atoms with E-state index < -0.39 is 32.0 Å². The van der Waals surface area contributed by atoms with Gasteiger partial charge >= 0.3 is 0 Å². The number of ether oxygens (including phenoxy) is 1. The predicted molar refractivity (Wildman–Crippen MR) is 112 cm³/mol. The number of halogens is 1. The minimum Gasteiger partial charge on any atom is -0.404 e. The van der Waals surface area contributed by atoms with Crippen LogP contribution >= 0.6 is 0 Å². The Morgan fingerprint density at radius 1 is 1.04 bits per heavy atom. The molecule has 0 N–H and O–H groups in total. The van der Waals surface area contributed by atoms with E-state index in [-0.39, 0.29) is 11.6 Å². The first kappa shape index (κ1) is 20.9. The summed E-state index contributed by atoms with van der Waals surface area (Å²) in [6.07, 6.45) is -1.65. The number of ketones is 1. The Labute approximate surface area is 168 Å². The lowest BCUT2D eigenvalue weighted by Gasteiger charge is -2.43. The Balaban J connectivity index is 2.04. The third-order valence-electron chi connectivity index (χ3n) is 5.77. The van der Waals surface area contributed by atoms with E-state index in [1.807, 2.05) is 36.4 Å². The zero-order valence-electron chi connectivity index (χ0n) is 17.2. The van der Waals surface area contributed by atoms with Gasteiger partial charge in [0.05, 0.1) is 12.7 Å². The smallest absolute Gasteiger partial charge is 0.261 e. The second-order valence-electron chi connectivity index (χ2n) is 8.68. The van der Waals surface area contributed by atoms with Crippen LogP contribution in [0.2, 0.25) is 5.04 Å². The average molecular weight is 401 g/mol. The first-order valence-electron chi connectivity index (χ1n) is 9.74. The molecular weight excluding hydrogens is 371 g/mol. The maximum Gasteiger partial charge on any atom is 0.261 e. The van der Waals surface area contributed by atoms with Crippen LogP contribution in [0, 0.1) is 0 Å². The molecule has 1 aliphatic rings. The molecule has 3 atom stereocenters. The van der Waals surface area contributed by atoms with Gasteiger partial charge in [-0.2, -0.15) is 0 Å². The number of Topliss-reactive ketones (excluding diaryl/α,β-unsaturated/α-hetero) is 1. The molecule has 0 spiro atoms. The molecule has 0 amide bonds. The van der Waals surface area contributed by atoms with Crippen molar-refractivity contribution in [1.29, 1.82) is 0 Å². The number of rotatable bonds is 5. The highest BCUT2D eigenvalue weighted by atomic mass is 28.4. The van der Waals surface area contributed by atoms with Crippen LogP contribution in [-0.2, 0) is 14.0 Å². The SMILES string of the molecule is CC1O[C@H](CO[Si](c2ccccc2)(c2ccccc2)C(C)(C)C)C(=O)[C@@]1(C)F. The normalized spacial score (nSPS) is 25.9. The monoisotopic (exact) mass is 400 g/mol. The van der Waals surface area contributed by atoms with E-state index in [9.17, 15) is 9.18 Å². The van der Waals surface area contributed by atoms with Crippen LogP contribution in [0.5, 0.6) is 0 Å². The number of carbonyl (C=O) groups is 1. The minimum atomic E-state index is -2.77. The summed E-state index contributed by atoms with van der Waals surface area (Å²) < 4.78 is 27.0. The van der Waals surface area contributed by atoms with Gasteiger partial charge in [0.2, 0.25) is 5.78 Å². The lowest BCUT2D eigenvalue weighted by Crippen LogP contribution is -2.67. The van der Waals surface area contributed by atoms with Crippen molar-refractivity contribution in [2.45, 2.75) is 57.5 Å². The third-order valence-corrected chi connectivity index (χ3v) is 10.8. The fourth-order valence-corrected chi connectivity index (χ4v) is 8.59. The summed E-state index contributed by atoms with van der Waals surface area (Å²) in [7, 11) is -2.77. The molecule has 3 rings (SSSR count). The molecule has 0 aliphatic carbocycles. The van der Waals surface area contributed by atoms with Crippen LogP contribution in [-0.4, -0.2) is 38.6 Å². The quantitative estimate of drug-likeness (QED) is 0.719. The first-order chi connectivity index (χ1) is 13.1. The average Bonchev–Trinajstić information content (AvgIpc) is 2.85. The molecule has 1 fully saturated rings. The molecule has 0 bridgehead atoms. The Hall–Kier alpha value is -1.82. The lowest BCUT2D eigenvalue weighted by atomic mass is 9.98. The van der Waals surface area contributed by atoms with Gasteiger partial charge in [-0.05, 0) is 29.3 Å². The summed E-state index contributed by atoms with van der Waals surface area (Å²) in [6, 6.07) is 20.3. The van der Waals surface area contributed by atoms with Crippen molar-refractivity contribution in [3.63, 3.8) is 0 Å². The molecule has 2 aromatic carbocycles. The van der Waals surface area contributed by atoms with Crippen LogP contribution in [0.4, 0.5) is 4.39 Å². The molecule has 1 aliphatic heterocycles. The van der Waals surface area contributed by atoms with E-state index in [4.69, 9.17) is 9.16 Å². The molecular formula is C23H29FO3Si. The van der Waals surface area contributed by atoms with Crippen molar-refractivity contribution in [1.82, 2.24) is 0 Å². The van der Waals surface area contributed by atoms with Gasteiger partial charge in [0, 0.05) is 0 Å². The fraction of sp³-hybridized carbons (Fsp3) is 0.435. The summed E-state index contributed by atoms with van der Waals surface area (Å²) in [5, 5.41) is 2.03. The summed E-state index contributed by atoms with van der Waals surface area (Å²) in [6.45, 7) is 9.44. The largest absolute Gasteiger partial charge is 0.404 e. The summed E-state index contributed by atoms with van der Waals surface area (Å²) in [5.41, 5.74) is -1.97. The highest BCUT2D eigenvalue weighted by molar-refractivity contribution is 6.99. The van der Waals surface area contributed by atoms with Crippen molar-refractivity contribution < 1.29 is 18.3 Å². The molecule has 28 heavy (non-hydrogen) atoms. The highest BCUT2D eigenvalue weighted by Crippen LogP contribution is 2.38. The number of carbonyl (C=O) groups excluding carboxylic acids is 1. The molecule has 0 saturated carbocycles. The zero-order chi connectivity index (χ0) is 20.6. The Morgan fingerprint density at radius 3 is 1.86 bits per heavy atom. The molecule has 150 valence electrons. The molecule has 0 aromatic heterocycles. The number of hydrogen-bond donors (Lipinski definition) is 0. The van der Waals surface area contributed by atoms with Crippen molar-refractivity contribution in [3.8, 4) is 0 Å². The van der Waals surface area contributed by atoms with E-state index in [1.165, 1.54) is 6.92 Å². The molecule has 5 heteroatoms. The minimum absolute atomic E-state index is 0.0516. The summed E-state index contributed by atoms with van der Waals surface area (Å²) >= 11 is 0. The van der Waals surface area contributed by atoms with Gasteiger partial charge in [-0.1, -0.05) is 81.4 Å². The van der Waals surface area contributed by atoms with Gasteiger partial charge in [0.15, 0.2) is 5.67 Å². The Morgan fingerprint density at radius 2 is 1.50 bits per heavy atom. The number of alkyl halides is 1. The van der Waals surface area contributed by atoms with E-state index in [0.29, 0.717) is 0 Å². The highest BCUT2D eigenvalue weighted by Gasteiger charge is 2.54. The topological polar surface area (TPSA) is 35.5 Å². The van der Waals surface area contributed by atoms with Crippen LogP contribution in [0.3, 0.4) is 0 Å². The number of benzene rings is 2. The third kappa shape index (κ3) is 3.47. The lowest BCUT2D eigenvalue weighted by molar-refractivity contribution is -0.129. The molecule has 1 heterocycles. The van der Waals surface area contributed by atoms with Crippen molar-refractivity contribution >= 4 is 24.5 Å². The molecule has 0 radical (unpaired) electrons. The fourth-order valence-electron chi connectivity index (χ4n) is 4.03. The van der Waals surface area contributed by atoms with Crippen LogP contribution in [0.25, 0.3) is 0 Å². The predicted octanol–water partition coefficient (Wildman–Crippen LogP) is 3.65. The van der Waals surface area contributed by atoms with Crippen molar-refractivity contribution in [2.24, 2.45) is 0 Å². The maximum atomic E-state index is 14.6. The Kier molecular flexibility index (Phi) is 5.63. The second kappa shape index (κ2) is 7.54. The molecule has 1 unspecified atom stereocenters. The van der Waals surface area contributed by atoms with Crippen LogP contribution < -0.4 is 10.4 Å². The number of hydrogen-bond acceptors (Lipinski definition) is 3. The van der Waals surface area contributed by atoms with Gasteiger partial charge in [-0.25, -0.2) is 4.39 Å². The van der Waals surface area contributed by atoms with E-state index in [2.05, 4.69) is 45.0 Å². The molecule has 2 aromatic rings. The van der Waals surface area contributed by atoms with Crippen molar-refractivity contribution in [3.05, 3.63) is 60.7 Å². The van der Waals surface area contributed by atoms with Gasteiger partial charge in [-0.3, -0.25) is 4.79 Å². The van der Waals surface area contributed by atoms with E-state index in [1.54, 1.807) is 6.92 Å². The molecule has 1 saturated heterocycles. The van der Waals surface area contributed by atoms with Crippen LogP contribution in [0.1, 0.15) is 34.6 Å². The zero-order valence-corrected chi connectivity index (χ0v) is 18.2. The summed E-state index contributed by atoms with van der Waals surface area (Å²) in [5.74, 6) is -0.530. The van der Waals surface area contributed by atoms with E-state index >= 15 is 0 Å². The van der Waals surface area contributed by atoms with Crippen LogP contribution in [0.15, 0.2) is 60.7 Å². The van der Waals surface area contributed by atoms with Crippen molar-refractivity contribution in [2.75, 3.05) is 6.61 Å². The molecule has 3 nitrogen and oxygen atoms in total. The van der Waals surface area contributed by atoms with Gasteiger partial charge in [-0.15, -0.1) is 0 Å². The maximum absolute atomic E-state index is 14.6. The summed E-state index contributed by atoms with van der Waals surface area (Å²) in [4.78, 5) is 12.5. The second-order valence-corrected chi connectivity index (χ2v) is 13.0. The van der Waals surface area contributed by atoms with Gasteiger partial charge in [0.25, 0.3) is 8.32 Å². The first-order valence-corrected chi connectivity index (χ1v) is 11.6. The Bertz CT molecular complexity index is 775. The van der Waals surface area contributed by atoms with Gasteiger partial charge in [0.1, 0.15) is 6.10 Å². The standard InChI is InChI=1S/C23H29FO3Si/c1-17-23(5,24)21(25)20(27-17)16-26-28(22(2,3)4,18-12-8-6-9-13-18)19-14-10-7-11-15-19/h6-15,17,20H,16H2,1-5H3/t17?,20-,23+/m1/s1. The van der Waals surface area contributed by atoms with E-state index in [0.717, 1.165) is 10.4 Å².